The standard InChI is InChI=1S/C21H22N6O4S/c1-13-3-5-15(6-4-13)25-19-11-14(2)24-20(27-19)22-9-10-23-32(29,30)16-7-8-18-17(12-16)26-21(28)31-18/h3-8,11-12,23H,9-10H2,1-2H3,(H,26,28)(H2,22,24,25,27). The van der Waals surface area contributed by atoms with Crippen LogP contribution >= 0.6 is 0 Å². The minimum Gasteiger partial charge on any atom is -0.408 e. The molecule has 0 unspecified atom stereocenters. The van der Waals surface area contributed by atoms with Gasteiger partial charge in [0.25, 0.3) is 0 Å². The minimum atomic E-state index is -3.76. The molecule has 4 aromatic rings. The Hall–Kier alpha value is -3.70. The van der Waals surface area contributed by atoms with Crippen LogP contribution in [-0.4, -0.2) is 36.5 Å². The molecular formula is C21H22N6O4S. The number of oxazole rings is 1. The van der Waals surface area contributed by atoms with E-state index >= 15 is 0 Å². The number of anilines is 3. The second-order valence-corrected chi connectivity index (χ2v) is 8.97. The van der Waals surface area contributed by atoms with Gasteiger partial charge in [0.05, 0.1) is 10.4 Å². The minimum absolute atomic E-state index is 0.0263. The molecule has 2 aromatic heterocycles. The van der Waals surface area contributed by atoms with Crippen LogP contribution in [0.1, 0.15) is 11.3 Å². The van der Waals surface area contributed by atoms with Crippen molar-refractivity contribution in [3.63, 3.8) is 0 Å². The number of benzene rings is 2. The Kier molecular flexibility index (Phi) is 5.93. The number of rotatable bonds is 8. The molecule has 0 amide bonds. The van der Waals surface area contributed by atoms with Crippen LogP contribution < -0.4 is 21.1 Å². The third-order valence-electron chi connectivity index (χ3n) is 4.58. The van der Waals surface area contributed by atoms with Crippen LogP contribution in [0.4, 0.5) is 17.5 Å². The van der Waals surface area contributed by atoms with Crippen molar-refractivity contribution in [3.05, 3.63) is 70.3 Å². The van der Waals surface area contributed by atoms with Gasteiger partial charge >= 0.3 is 5.76 Å². The average molecular weight is 455 g/mol. The van der Waals surface area contributed by atoms with E-state index in [-0.39, 0.29) is 18.0 Å². The zero-order chi connectivity index (χ0) is 22.7. The molecule has 166 valence electrons. The zero-order valence-electron chi connectivity index (χ0n) is 17.5. The zero-order valence-corrected chi connectivity index (χ0v) is 18.3. The van der Waals surface area contributed by atoms with Gasteiger partial charge < -0.3 is 15.1 Å². The van der Waals surface area contributed by atoms with Gasteiger partial charge in [0.2, 0.25) is 16.0 Å². The first kappa shape index (κ1) is 21.5. The first-order valence-corrected chi connectivity index (χ1v) is 11.3. The third kappa shape index (κ3) is 5.13. The summed E-state index contributed by atoms with van der Waals surface area (Å²) in [5.41, 5.74) is 3.45. The van der Waals surface area contributed by atoms with Crippen molar-refractivity contribution in [2.75, 3.05) is 23.7 Å². The largest absolute Gasteiger partial charge is 0.417 e. The second-order valence-electron chi connectivity index (χ2n) is 7.21. The third-order valence-corrected chi connectivity index (χ3v) is 6.04. The van der Waals surface area contributed by atoms with Crippen LogP contribution in [0.2, 0.25) is 0 Å². The Labute approximate surface area is 184 Å². The molecule has 0 saturated carbocycles. The highest BCUT2D eigenvalue weighted by atomic mass is 32.2. The number of sulfonamides is 1. The van der Waals surface area contributed by atoms with Crippen LogP contribution in [0.25, 0.3) is 11.1 Å². The molecule has 10 nitrogen and oxygen atoms in total. The highest BCUT2D eigenvalue weighted by Gasteiger charge is 2.15. The summed E-state index contributed by atoms with van der Waals surface area (Å²) in [4.78, 5) is 22.5. The maximum absolute atomic E-state index is 12.5. The number of aromatic amines is 1. The van der Waals surface area contributed by atoms with Gasteiger partial charge in [0.15, 0.2) is 5.58 Å². The molecule has 0 fully saturated rings. The monoisotopic (exact) mass is 454 g/mol. The average Bonchev–Trinajstić information content (AvgIpc) is 3.12. The molecule has 2 heterocycles. The van der Waals surface area contributed by atoms with Gasteiger partial charge in [-0.3, -0.25) is 4.98 Å². The van der Waals surface area contributed by atoms with Crippen LogP contribution in [0, 0.1) is 13.8 Å². The molecular weight excluding hydrogens is 432 g/mol. The lowest BCUT2D eigenvalue weighted by Gasteiger charge is -2.11. The molecule has 0 aliphatic rings. The van der Waals surface area contributed by atoms with E-state index in [1.54, 1.807) is 0 Å². The molecule has 0 saturated heterocycles. The van der Waals surface area contributed by atoms with E-state index in [0.717, 1.165) is 16.9 Å². The number of nitrogens with one attached hydrogen (secondary N) is 4. The fourth-order valence-corrected chi connectivity index (χ4v) is 4.10. The van der Waals surface area contributed by atoms with E-state index in [1.807, 2.05) is 44.2 Å². The van der Waals surface area contributed by atoms with Crippen LogP contribution in [0.15, 0.2) is 62.6 Å². The first-order valence-electron chi connectivity index (χ1n) is 9.84. The molecule has 2 aromatic carbocycles. The molecule has 0 atom stereocenters. The van der Waals surface area contributed by atoms with Crippen molar-refractivity contribution in [2.45, 2.75) is 18.7 Å². The molecule has 4 N–H and O–H groups in total. The molecule has 4 rings (SSSR count). The number of nitrogens with zero attached hydrogens (tertiary/aromatic N) is 2. The highest BCUT2D eigenvalue weighted by Crippen LogP contribution is 2.18. The quantitative estimate of drug-likeness (QED) is 0.298. The second kappa shape index (κ2) is 8.81. The van der Waals surface area contributed by atoms with Crippen molar-refractivity contribution in [2.24, 2.45) is 0 Å². The molecule has 11 heteroatoms. The van der Waals surface area contributed by atoms with E-state index in [1.165, 1.54) is 18.2 Å². The van der Waals surface area contributed by atoms with Gasteiger partial charge in [-0.05, 0) is 44.2 Å². The van der Waals surface area contributed by atoms with Gasteiger partial charge in [0.1, 0.15) is 5.82 Å². The Morgan fingerprint density at radius 3 is 2.56 bits per heavy atom. The van der Waals surface area contributed by atoms with Gasteiger partial charge in [-0.2, -0.15) is 4.98 Å². The summed E-state index contributed by atoms with van der Waals surface area (Å²) in [6.07, 6.45) is 0. The number of aryl methyl sites for hydroxylation is 2. The lowest BCUT2D eigenvalue weighted by atomic mass is 10.2. The van der Waals surface area contributed by atoms with Gasteiger partial charge in [-0.25, -0.2) is 22.9 Å². The van der Waals surface area contributed by atoms with E-state index in [0.29, 0.717) is 22.9 Å². The fraction of sp³-hybridized carbons (Fsp3) is 0.190. The number of aromatic nitrogens is 3. The van der Waals surface area contributed by atoms with E-state index in [4.69, 9.17) is 4.42 Å². The highest BCUT2D eigenvalue weighted by molar-refractivity contribution is 7.89. The Morgan fingerprint density at radius 2 is 1.78 bits per heavy atom. The maximum atomic E-state index is 12.5. The summed E-state index contributed by atoms with van der Waals surface area (Å²) < 4.78 is 32.5. The molecule has 0 radical (unpaired) electrons. The maximum Gasteiger partial charge on any atom is 0.417 e. The molecule has 0 bridgehead atoms. The number of hydrogen-bond acceptors (Lipinski definition) is 8. The predicted octanol–water partition coefficient (Wildman–Crippen LogP) is 2.66. The Morgan fingerprint density at radius 1 is 1.00 bits per heavy atom. The first-order chi connectivity index (χ1) is 15.3. The van der Waals surface area contributed by atoms with Crippen molar-refractivity contribution in [1.29, 1.82) is 0 Å². The van der Waals surface area contributed by atoms with Gasteiger partial charge in [-0.1, -0.05) is 17.7 Å². The van der Waals surface area contributed by atoms with Crippen LogP contribution in [0.5, 0.6) is 0 Å². The smallest absolute Gasteiger partial charge is 0.408 e. The summed E-state index contributed by atoms with van der Waals surface area (Å²) in [7, 11) is -3.76. The van der Waals surface area contributed by atoms with E-state index < -0.39 is 15.8 Å². The Bertz CT molecular complexity index is 1410. The lowest BCUT2D eigenvalue weighted by Crippen LogP contribution is -2.29. The van der Waals surface area contributed by atoms with E-state index in [9.17, 15) is 13.2 Å². The summed E-state index contributed by atoms with van der Waals surface area (Å²) in [5.74, 6) is 0.379. The fourth-order valence-electron chi connectivity index (χ4n) is 3.04. The molecule has 32 heavy (non-hydrogen) atoms. The lowest BCUT2D eigenvalue weighted by molar-refractivity contribution is 0.555. The van der Waals surface area contributed by atoms with Crippen LogP contribution in [0.3, 0.4) is 0 Å². The summed E-state index contributed by atoms with van der Waals surface area (Å²) >= 11 is 0. The van der Waals surface area contributed by atoms with Gasteiger partial charge in [0, 0.05) is 30.5 Å². The Balaban J connectivity index is 1.36. The summed E-state index contributed by atoms with van der Waals surface area (Å²) in [5, 5.41) is 6.26. The van der Waals surface area contributed by atoms with Gasteiger partial charge in [-0.15, -0.1) is 0 Å². The van der Waals surface area contributed by atoms with Crippen molar-refractivity contribution in [1.82, 2.24) is 19.7 Å². The number of H-pyrrole nitrogens is 1. The topological polar surface area (TPSA) is 142 Å². The van der Waals surface area contributed by atoms with E-state index in [2.05, 4.69) is 30.3 Å². The molecule has 0 aliphatic carbocycles. The SMILES string of the molecule is Cc1ccc(Nc2cc(C)nc(NCCNS(=O)(=O)c3ccc4oc(=O)[nH]c4c3)n2)cc1. The molecule has 0 spiro atoms. The van der Waals surface area contributed by atoms with Crippen molar-refractivity contribution >= 4 is 38.6 Å². The summed E-state index contributed by atoms with van der Waals surface area (Å²) in [6, 6.07) is 13.9. The summed E-state index contributed by atoms with van der Waals surface area (Å²) in [6.45, 7) is 4.26. The normalized spacial score (nSPS) is 11.6. The molecule has 0 aliphatic heterocycles. The predicted molar refractivity (Wildman–Crippen MR) is 122 cm³/mol. The van der Waals surface area contributed by atoms with Crippen LogP contribution in [-0.2, 0) is 10.0 Å². The van der Waals surface area contributed by atoms with Crippen molar-refractivity contribution < 1.29 is 12.8 Å². The van der Waals surface area contributed by atoms with Crippen molar-refractivity contribution in [3.8, 4) is 0 Å². The number of fused-ring (bicyclic) bond motifs is 1. The number of hydrogen-bond donors (Lipinski definition) is 4.